The Bertz CT molecular complexity index is 1150. The Labute approximate surface area is 213 Å². The third-order valence-electron chi connectivity index (χ3n) is 6.26. The lowest BCUT2D eigenvalue weighted by Gasteiger charge is -2.28. The predicted molar refractivity (Wildman–Crippen MR) is 139 cm³/mol. The standard InChI is InChI=1S/C28H36N2O6/c1-8-36-21-13-12-18(16-20(21)17(2)3)25(31)23-24(19-10-9-11-22(34-6)27(19)35-7)30(15-14-29(4)5)28(33)26(23)32/h9-13,16-17,24,31H,8,14-15H2,1-7H3/b25-23+. The van der Waals surface area contributed by atoms with E-state index in [1.54, 1.807) is 30.3 Å². The summed E-state index contributed by atoms with van der Waals surface area (Å²) < 4.78 is 16.9. The third-order valence-corrected chi connectivity index (χ3v) is 6.26. The summed E-state index contributed by atoms with van der Waals surface area (Å²) in [5.74, 6) is 0.0843. The van der Waals surface area contributed by atoms with Crippen molar-refractivity contribution < 1.29 is 28.9 Å². The Morgan fingerprint density at radius 1 is 1.08 bits per heavy atom. The fourth-order valence-electron chi connectivity index (χ4n) is 4.46. The number of Topliss-reactive ketones (excluding diaryl/α,β-unsaturated/α-hetero) is 1. The quantitative estimate of drug-likeness (QED) is 0.299. The van der Waals surface area contributed by atoms with E-state index in [-0.39, 0.29) is 17.3 Å². The number of nitrogens with zero attached hydrogens (tertiary/aromatic N) is 2. The van der Waals surface area contributed by atoms with Gasteiger partial charge in [0.1, 0.15) is 11.5 Å². The van der Waals surface area contributed by atoms with Gasteiger partial charge in [-0.25, -0.2) is 0 Å². The van der Waals surface area contributed by atoms with Crippen LogP contribution in [0.25, 0.3) is 5.76 Å². The van der Waals surface area contributed by atoms with Crippen LogP contribution in [0.3, 0.4) is 0 Å². The van der Waals surface area contributed by atoms with Gasteiger partial charge in [-0.2, -0.15) is 0 Å². The zero-order chi connectivity index (χ0) is 26.6. The van der Waals surface area contributed by atoms with Crippen LogP contribution in [0.1, 0.15) is 49.4 Å². The number of methoxy groups -OCH3 is 2. The van der Waals surface area contributed by atoms with E-state index in [4.69, 9.17) is 14.2 Å². The molecule has 8 nitrogen and oxygen atoms in total. The molecule has 1 N–H and O–H groups in total. The molecule has 0 aromatic heterocycles. The highest BCUT2D eigenvalue weighted by atomic mass is 16.5. The average Bonchev–Trinajstić information content (AvgIpc) is 3.11. The summed E-state index contributed by atoms with van der Waals surface area (Å²) in [4.78, 5) is 30.0. The maximum absolute atomic E-state index is 13.4. The molecule has 2 aromatic rings. The van der Waals surface area contributed by atoms with Crippen LogP contribution in [-0.2, 0) is 9.59 Å². The van der Waals surface area contributed by atoms with E-state index >= 15 is 0 Å². The molecule has 0 bridgehead atoms. The normalized spacial score (nSPS) is 17.2. The zero-order valence-electron chi connectivity index (χ0n) is 22.1. The van der Waals surface area contributed by atoms with Crippen molar-refractivity contribution in [3.8, 4) is 17.2 Å². The number of benzene rings is 2. The van der Waals surface area contributed by atoms with Gasteiger partial charge in [-0.3, -0.25) is 9.59 Å². The number of aliphatic hydroxyl groups excluding tert-OH is 1. The Morgan fingerprint density at radius 2 is 1.81 bits per heavy atom. The second kappa shape index (κ2) is 11.5. The Hall–Kier alpha value is -3.52. The number of hydrogen-bond acceptors (Lipinski definition) is 7. The van der Waals surface area contributed by atoms with Gasteiger partial charge >= 0.3 is 0 Å². The minimum absolute atomic E-state index is 0.0178. The molecule has 1 fully saturated rings. The number of aliphatic hydroxyl groups is 1. The Kier molecular flexibility index (Phi) is 8.63. The van der Waals surface area contributed by atoms with Crippen molar-refractivity contribution in [2.24, 2.45) is 0 Å². The number of ether oxygens (including phenoxy) is 3. The molecule has 1 aliphatic rings. The first-order valence-electron chi connectivity index (χ1n) is 12.1. The molecule has 3 rings (SSSR count). The van der Waals surface area contributed by atoms with Crippen molar-refractivity contribution in [2.75, 3.05) is 48.0 Å². The molecule has 1 saturated heterocycles. The maximum Gasteiger partial charge on any atom is 0.295 e. The Morgan fingerprint density at radius 3 is 2.39 bits per heavy atom. The van der Waals surface area contributed by atoms with Gasteiger partial charge in [-0.05, 0) is 56.8 Å². The molecular weight excluding hydrogens is 460 g/mol. The lowest BCUT2D eigenvalue weighted by Crippen LogP contribution is -2.35. The number of rotatable bonds is 10. The summed E-state index contributed by atoms with van der Waals surface area (Å²) in [5, 5.41) is 11.5. The summed E-state index contributed by atoms with van der Waals surface area (Å²) in [5.41, 5.74) is 1.92. The molecule has 2 aromatic carbocycles. The average molecular weight is 497 g/mol. The van der Waals surface area contributed by atoms with Gasteiger partial charge < -0.3 is 29.1 Å². The van der Waals surface area contributed by atoms with Crippen LogP contribution in [0.5, 0.6) is 17.2 Å². The minimum atomic E-state index is -0.843. The molecule has 0 saturated carbocycles. The number of likely N-dealkylation sites (tertiary alicyclic amines) is 1. The van der Waals surface area contributed by atoms with E-state index in [0.717, 1.165) is 11.3 Å². The van der Waals surface area contributed by atoms with Crippen molar-refractivity contribution in [3.05, 3.63) is 58.7 Å². The second-order valence-electron chi connectivity index (χ2n) is 9.22. The van der Waals surface area contributed by atoms with Crippen LogP contribution in [0.15, 0.2) is 42.0 Å². The highest BCUT2D eigenvalue weighted by Gasteiger charge is 2.47. The molecule has 36 heavy (non-hydrogen) atoms. The number of likely N-dealkylation sites (N-methyl/N-ethyl adjacent to an activating group) is 1. The van der Waals surface area contributed by atoms with Gasteiger partial charge in [0.15, 0.2) is 11.5 Å². The largest absolute Gasteiger partial charge is 0.507 e. The molecule has 0 aliphatic carbocycles. The van der Waals surface area contributed by atoms with Crippen LogP contribution < -0.4 is 14.2 Å². The van der Waals surface area contributed by atoms with Crippen LogP contribution in [0.2, 0.25) is 0 Å². The van der Waals surface area contributed by atoms with Gasteiger partial charge in [0, 0.05) is 24.2 Å². The van der Waals surface area contributed by atoms with Crippen molar-refractivity contribution in [3.63, 3.8) is 0 Å². The van der Waals surface area contributed by atoms with Crippen molar-refractivity contribution in [1.82, 2.24) is 9.80 Å². The highest BCUT2D eigenvalue weighted by Crippen LogP contribution is 2.45. The molecule has 8 heteroatoms. The molecule has 1 aliphatic heterocycles. The zero-order valence-corrected chi connectivity index (χ0v) is 22.1. The van der Waals surface area contributed by atoms with E-state index < -0.39 is 17.7 Å². The summed E-state index contributed by atoms with van der Waals surface area (Å²) in [7, 11) is 6.82. The van der Waals surface area contributed by atoms with Crippen LogP contribution in [0.4, 0.5) is 0 Å². The number of ketones is 1. The van der Waals surface area contributed by atoms with Crippen LogP contribution in [-0.4, -0.2) is 74.6 Å². The van der Waals surface area contributed by atoms with Crippen LogP contribution in [0, 0.1) is 0 Å². The first-order valence-corrected chi connectivity index (χ1v) is 12.1. The van der Waals surface area contributed by atoms with Crippen molar-refractivity contribution in [2.45, 2.75) is 32.7 Å². The van der Waals surface area contributed by atoms with Gasteiger partial charge in [-0.1, -0.05) is 26.0 Å². The minimum Gasteiger partial charge on any atom is -0.507 e. The van der Waals surface area contributed by atoms with Crippen molar-refractivity contribution in [1.29, 1.82) is 0 Å². The molecule has 0 radical (unpaired) electrons. The first kappa shape index (κ1) is 27.1. The third kappa shape index (κ3) is 5.18. The fourth-order valence-corrected chi connectivity index (χ4v) is 4.46. The second-order valence-corrected chi connectivity index (χ2v) is 9.22. The van der Waals surface area contributed by atoms with Gasteiger partial charge in [0.2, 0.25) is 0 Å². The first-order chi connectivity index (χ1) is 17.2. The Balaban J connectivity index is 2.26. The van der Waals surface area contributed by atoms with E-state index in [9.17, 15) is 14.7 Å². The number of hydrogen-bond donors (Lipinski definition) is 1. The summed E-state index contributed by atoms with van der Waals surface area (Å²) in [6.45, 7) is 7.31. The summed E-state index contributed by atoms with van der Waals surface area (Å²) >= 11 is 0. The monoisotopic (exact) mass is 496 g/mol. The molecule has 1 amide bonds. The lowest BCUT2D eigenvalue weighted by molar-refractivity contribution is -0.140. The van der Waals surface area contributed by atoms with E-state index in [1.165, 1.54) is 19.1 Å². The van der Waals surface area contributed by atoms with Crippen LogP contribution >= 0.6 is 0 Å². The highest BCUT2D eigenvalue weighted by molar-refractivity contribution is 6.46. The predicted octanol–water partition coefficient (Wildman–Crippen LogP) is 4.21. The van der Waals surface area contributed by atoms with E-state index in [1.807, 2.05) is 45.8 Å². The molecule has 1 heterocycles. The smallest absolute Gasteiger partial charge is 0.295 e. The van der Waals surface area contributed by atoms with E-state index in [0.29, 0.717) is 42.3 Å². The molecular formula is C28H36N2O6. The molecule has 194 valence electrons. The SMILES string of the molecule is CCOc1ccc(/C(O)=C2\C(=O)C(=O)N(CCN(C)C)C2c2cccc(OC)c2OC)cc1C(C)C. The summed E-state index contributed by atoms with van der Waals surface area (Å²) in [6.07, 6.45) is 0. The maximum atomic E-state index is 13.4. The molecule has 0 spiro atoms. The number of carbonyl (C=O) groups excluding carboxylic acids is 2. The summed E-state index contributed by atoms with van der Waals surface area (Å²) in [6, 6.07) is 9.77. The molecule has 1 atom stereocenters. The fraction of sp³-hybridized carbons (Fsp3) is 0.429. The number of para-hydroxylation sites is 1. The van der Waals surface area contributed by atoms with Crippen molar-refractivity contribution >= 4 is 17.4 Å². The number of amides is 1. The van der Waals surface area contributed by atoms with Gasteiger partial charge in [0.05, 0.1) is 32.4 Å². The van der Waals surface area contributed by atoms with Gasteiger partial charge in [-0.15, -0.1) is 0 Å². The molecule has 1 unspecified atom stereocenters. The van der Waals surface area contributed by atoms with Gasteiger partial charge in [0.25, 0.3) is 11.7 Å². The number of carbonyl (C=O) groups is 2. The lowest BCUT2D eigenvalue weighted by atomic mass is 9.92. The topological polar surface area (TPSA) is 88.5 Å². The van der Waals surface area contributed by atoms with E-state index in [2.05, 4.69) is 0 Å².